The van der Waals surface area contributed by atoms with Crippen molar-refractivity contribution >= 4 is 5.78 Å². The molecule has 0 amide bonds. The lowest BCUT2D eigenvalue weighted by molar-refractivity contribution is 0.0953. The van der Waals surface area contributed by atoms with Crippen LogP contribution in [0, 0.1) is 6.92 Å². The van der Waals surface area contributed by atoms with Gasteiger partial charge in [0.2, 0.25) is 0 Å². The van der Waals surface area contributed by atoms with Crippen LogP contribution in [0.5, 0.6) is 0 Å². The van der Waals surface area contributed by atoms with Crippen LogP contribution >= 0.6 is 0 Å². The van der Waals surface area contributed by atoms with E-state index in [4.69, 9.17) is 4.74 Å². The third-order valence-electron chi connectivity index (χ3n) is 3.29. The second-order valence-electron chi connectivity index (χ2n) is 4.57. The van der Waals surface area contributed by atoms with Gasteiger partial charge in [0.15, 0.2) is 11.9 Å². The van der Waals surface area contributed by atoms with Crippen LogP contribution < -0.4 is 0 Å². The standard InChI is InChI=1S/C16H14O2/c1-11-7-5-6-10-13(11)14(17)16-15(18-16)12-8-3-2-4-9-12/h2-10,15-16H,1H3/t15-,16-/m1/s1. The number of benzene rings is 2. The maximum absolute atomic E-state index is 12.3. The molecule has 0 unspecified atom stereocenters. The van der Waals surface area contributed by atoms with Crippen molar-refractivity contribution in [2.24, 2.45) is 0 Å². The molecule has 2 heteroatoms. The molecule has 1 fully saturated rings. The number of epoxide rings is 1. The molecule has 0 radical (unpaired) electrons. The zero-order valence-corrected chi connectivity index (χ0v) is 10.2. The molecule has 18 heavy (non-hydrogen) atoms. The maximum Gasteiger partial charge on any atom is 0.194 e. The van der Waals surface area contributed by atoms with Gasteiger partial charge in [-0.3, -0.25) is 4.79 Å². The summed E-state index contributed by atoms with van der Waals surface area (Å²) in [6, 6.07) is 17.5. The van der Waals surface area contributed by atoms with E-state index in [9.17, 15) is 4.79 Å². The molecule has 0 saturated carbocycles. The first-order valence-corrected chi connectivity index (χ1v) is 6.07. The van der Waals surface area contributed by atoms with Gasteiger partial charge in [-0.05, 0) is 18.1 Å². The summed E-state index contributed by atoms with van der Waals surface area (Å²) in [6.45, 7) is 1.95. The second kappa shape index (κ2) is 4.39. The highest BCUT2D eigenvalue weighted by molar-refractivity contribution is 6.02. The Hall–Kier alpha value is -1.93. The molecule has 2 atom stereocenters. The van der Waals surface area contributed by atoms with Crippen LogP contribution in [0.15, 0.2) is 54.6 Å². The number of hydrogen-bond acceptors (Lipinski definition) is 2. The minimum atomic E-state index is -0.312. The average Bonchev–Trinajstić information content (AvgIpc) is 3.20. The van der Waals surface area contributed by atoms with Gasteiger partial charge in [0.1, 0.15) is 6.10 Å². The number of carbonyl (C=O) groups excluding carboxylic acids is 1. The number of rotatable bonds is 3. The van der Waals surface area contributed by atoms with E-state index < -0.39 is 0 Å². The number of carbonyl (C=O) groups is 1. The molecular weight excluding hydrogens is 224 g/mol. The number of Topliss-reactive ketones (excluding diaryl/α,β-unsaturated/α-hetero) is 1. The molecule has 1 saturated heterocycles. The SMILES string of the molecule is Cc1ccccc1C(=O)[C@H]1O[C@@H]1c1ccccc1. The van der Waals surface area contributed by atoms with Gasteiger partial charge in [-0.25, -0.2) is 0 Å². The Morgan fingerprint density at radius 2 is 1.67 bits per heavy atom. The largest absolute Gasteiger partial charge is 0.356 e. The van der Waals surface area contributed by atoms with Crippen LogP contribution in [0.2, 0.25) is 0 Å². The molecule has 3 rings (SSSR count). The van der Waals surface area contributed by atoms with E-state index in [0.29, 0.717) is 0 Å². The summed E-state index contributed by atoms with van der Waals surface area (Å²) < 4.78 is 5.52. The number of aryl methyl sites for hydroxylation is 1. The van der Waals surface area contributed by atoms with E-state index >= 15 is 0 Å². The van der Waals surface area contributed by atoms with Crippen LogP contribution in [0.4, 0.5) is 0 Å². The molecule has 1 aliphatic rings. The van der Waals surface area contributed by atoms with E-state index in [1.807, 2.05) is 61.5 Å². The van der Waals surface area contributed by atoms with Crippen LogP contribution in [-0.4, -0.2) is 11.9 Å². The zero-order valence-electron chi connectivity index (χ0n) is 10.2. The Morgan fingerprint density at radius 3 is 2.39 bits per heavy atom. The molecule has 0 bridgehead atoms. The van der Waals surface area contributed by atoms with Crippen molar-refractivity contribution in [3.63, 3.8) is 0 Å². The zero-order chi connectivity index (χ0) is 12.5. The minimum absolute atomic E-state index is 0.0710. The summed E-state index contributed by atoms with van der Waals surface area (Å²) in [5, 5.41) is 0. The lowest BCUT2D eigenvalue weighted by Crippen LogP contribution is -2.09. The van der Waals surface area contributed by atoms with E-state index in [2.05, 4.69) is 0 Å². The van der Waals surface area contributed by atoms with Gasteiger partial charge in [0, 0.05) is 5.56 Å². The minimum Gasteiger partial charge on any atom is -0.356 e. The van der Waals surface area contributed by atoms with Crippen molar-refractivity contribution in [2.75, 3.05) is 0 Å². The van der Waals surface area contributed by atoms with E-state index in [0.717, 1.165) is 16.7 Å². The Balaban J connectivity index is 1.80. The third-order valence-corrected chi connectivity index (χ3v) is 3.29. The van der Waals surface area contributed by atoms with E-state index in [1.54, 1.807) is 0 Å². The normalized spacial score (nSPS) is 21.6. The fourth-order valence-electron chi connectivity index (χ4n) is 2.21. The van der Waals surface area contributed by atoms with Gasteiger partial charge in [-0.2, -0.15) is 0 Å². The van der Waals surface area contributed by atoms with Crippen molar-refractivity contribution in [3.8, 4) is 0 Å². The topological polar surface area (TPSA) is 29.6 Å². The molecule has 2 nitrogen and oxygen atoms in total. The van der Waals surface area contributed by atoms with Crippen LogP contribution in [-0.2, 0) is 4.74 Å². The lowest BCUT2D eigenvalue weighted by Gasteiger charge is -2.01. The van der Waals surface area contributed by atoms with Gasteiger partial charge < -0.3 is 4.74 Å². The summed E-state index contributed by atoms with van der Waals surface area (Å²) in [6.07, 6.45) is -0.383. The average molecular weight is 238 g/mol. The maximum atomic E-state index is 12.3. The summed E-state index contributed by atoms with van der Waals surface area (Å²) in [5.41, 5.74) is 2.84. The highest BCUT2D eigenvalue weighted by atomic mass is 16.6. The molecule has 0 aliphatic carbocycles. The number of ether oxygens (including phenoxy) is 1. The van der Waals surface area contributed by atoms with Crippen molar-refractivity contribution < 1.29 is 9.53 Å². The predicted octanol–water partition coefficient (Wildman–Crippen LogP) is 3.32. The Bertz CT molecular complexity index is 575. The highest BCUT2D eigenvalue weighted by Gasteiger charge is 2.46. The quantitative estimate of drug-likeness (QED) is 0.606. The predicted molar refractivity (Wildman–Crippen MR) is 69.6 cm³/mol. The third kappa shape index (κ3) is 1.95. The van der Waals surface area contributed by atoms with Gasteiger partial charge in [-0.15, -0.1) is 0 Å². The Labute approximate surface area is 106 Å². The number of ketones is 1. The Morgan fingerprint density at radius 1 is 1.00 bits per heavy atom. The molecule has 2 aromatic rings. The monoisotopic (exact) mass is 238 g/mol. The van der Waals surface area contributed by atoms with E-state index in [-0.39, 0.29) is 18.0 Å². The van der Waals surface area contributed by atoms with Crippen LogP contribution in [0.25, 0.3) is 0 Å². The molecular formula is C16H14O2. The molecule has 90 valence electrons. The summed E-state index contributed by atoms with van der Waals surface area (Å²) in [5.74, 6) is 0.0851. The van der Waals surface area contributed by atoms with Crippen molar-refractivity contribution in [1.82, 2.24) is 0 Å². The first kappa shape index (κ1) is 11.2. The molecule has 0 spiro atoms. The van der Waals surface area contributed by atoms with Crippen molar-refractivity contribution in [1.29, 1.82) is 0 Å². The second-order valence-corrected chi connectivity index (χ2v) is 4.57. The van der Waals surface area contributed by atoms with Crippen LogP contribution in [0.3, 0.4) is 0 Å². The molecule has 1 heterocycles. The molecule has 2 aromatic carbocycles. The summed E-state index contributed by atoms with van der Waals surface area (Å²) in [7, 11) is 0. The molecule has 1 aliphatic heterocycles. The lowest BCUT2D eigenvalue weighted by atomic mass is 9.99. The smallest absolute Gasteiger partial charge is 0.194 e. The molecule has 0 N–H and O–H groups in total. The van der Waals surface area contributed by atoms with Crippen molar-refractivity contribution in [2.45, 2.75) is 19.1 Å². The van der Waals surface area contributed by atoms with E-state index in [1.165, 1.54) is 0 Å². The highest BCUT2D eigenvalue weighted by Crippen LogP contribution is 2.40. The van der Waals surface area contributed by atoms with Gasteiger partial charge in [-0.1, -0.05) is 54.6 Å². The van der Waals surface area contributed by atoms with Gasteiger partial charge in [0.05, 0.1) is 0 Å². The van der Waals surface area contributed by atoms with Crippen LogP contribution in [0.1, 0.15) is 27.6 Å². The first-order valence-electron chi connectivity index (χ1n) is 6.07. The fourth-order valence-corrected chi connectivity index (χ4v) is 2.21. The van der Waals surface area contributed by atoms with Gasteiger partial charge in [0.25, 0.3) is 0 Å². The Kier molecular flexibility index (Phi) is 2.73. The van der Waals surface area contributed by atoms with Crippen molar-refractivity contribution in [3.05, 3.63) is 71.3 Å². The molecule has 0 aromatic heterocycles. The fraction of sp³-hybridized carbons (Fsp3) is 0.188. The summed E-state index contributed by atoms with van der Waals surface area (Å²) >= 11 is 0. The number of hydrogen-bond donors (Lipinski definition) is 0. The van der Waals surface area contributed by atoms with Gasteiger partial charge >= 0.3 is 0 Å². The first-order chi connectivity index (χ1) is 8.77. The summed E-state index contributed by atoms with van der Waals surface area (Å²) in [4.78, 5) is 12.3.